The average molecular weight is 462 g/mol. The van der Waals surface area contributed by atoms with Crippen LogP contribution in [0.5, 0.6) is 0 Å². The van der Waals surface area contributed by atoms with Gasteiger partial charge in [-0.2, -0.15) is 4.31 Å². The molecular formula is C17H17Cl2N3O4S2. The van der Waals surface area contributed by atoms with E-state index in [-0.39, 0.29) is 40.4 Å². The Kier molecular flexibility index (Phi) is 7.19. The molecule has 150 valence electrons. The molecule has 0 unspecified atom stereocenters. The van der Waals surface area contributed by atoms with Crippen molar-refractivity contribution in [3.8, 4) is 0 Å². The van der Waals surface area contributed by atoms with Crippen molar-refractivity contribution in [3.63, 3.8) is 0 Å². The molecule has 1 aromatic carbocycles. The number of nitrogens with one attached hydrogen (secondary N) is 1. The molecule has 0 bridgehead atoms. The highest BCUT2D eigenvalue weighted by Crippen LogP contribution is 2.28. The van der Waals surface area contributed by atoms with Gasteiger partial charge in [-0.25, -0.2) is 13.4 Å². The van der Waals surface area contributed by atoms with Gasteiger partial charge in [-0.05, 0) is 30.3 Å². The highest BCUT2D eigenvalue weighted by atomic mass is 35.5. The Hall–Kier alpha value is -1.36. The highest BCUT2D eigenvalue weighted by molar-refractivity contribution is 8.00. The fourth-order valence-electron chi connectivity index (χ4n) is 2.49. The van der Waals surface area contributed by atoms with Gasteiger partial charge >= 0.3 is 0 Å². The zero-order valence-corrected chi connectivity index (χ0v) is 17.7. The smallest absolute Gasteiger partial charge is 0.243 e. The molecule has 2 heterocycles. The van der Waals surface area contributed by atoms with Crippen LogP contribution in [-0.2, 0) is 19.6 Å². The average Bonchev–Trinajstić information content (AvgIpc) is 2.69. The van der Waals surface area contributed by atoms with Crippen LogP contribution in [0, 0.1) is 0 Å². The van der Waals surface area contributed by atoms with Crippen molar-refractivity contribution in [3.05, 3.63) is 46.6 Å². The molecule has 28 heavy (non-hydrogen) atoms. The first-order valence-electron chi connectivity index (χ1n) is 8.28. The minimum Gasteiger partial charge on any atom is -0.379 e. The quantitative estimate of drug-likeness (QED) is 0.664. The monoisotopic (exact) mass is 461 g/mol. The fourth-order valence-corrected chi connectivity index (χ4v) is 5.06. The summed E-state index contributed by atoms with van der Waals surface area (Å²) in [5.41, 5.74) is 0.230. The van der Waals surface area contributed by atoms with Gasteiger partial charge in [0.2, 0.25) is 15.9 Å². The molecule has 0 radical (unpaired) electrons. The molecule has 0 spiro atoms. The van der Waals surface area contributed by atoms with E-state index in [0.29, 0.717) is 23.3 Å². The molecule has 1 saturated heterocycles. The van der Waals surface area contributed by atoms with Gasteiger partial charge in [-0.1, -0.05) is 35.0 Å². The first-order chi connectivity index (χ1) is 13.4. The first kappa shape index (κ1) is 21.4. The maximum absolute atomic E-state index is 12.8. The lowest BCUT2D eigenvalue weighted by Crippen LogP contribution is -2.40. The van der Waals surface area contributed by atoms with Crippen LogP contribution in [0.2, 0.25) is 10.0 Å². The lowest BCUT2D eigenvalue weighted by atomic mass is 10.3. The number of hydrogen-bond acceptors (Lipinski definition) is 6. The molecule has 3 rings (SSSR count). The second kappa shape index (κ2) is 9.43. The van der Waals surface area contributed by atoms with E-state index < -0.39 is 10.0 Å². The largest absolute Gasteiger partial charge is 0.379 e. The van der Waals surface area contributed by atoms with Crippen molar-refractivity contribution < 1.29 is 17.9 Å². The third-order valence-electron chi connectivity index (χ3n) is 3.88. The first-order valence-corrected chi connectivity index (χ1v) is 11.5. The molecule has 7 nitrogen and oxygen atoms in total. The summed E-state index contributed by atoms with van der Waals surface area (Å²) in [6.45, 7) is 1.27. The third-order valence-corrected chi connectivity index (χ3v) is 7.53. The number of aromatic nitrogens is 1. The van der Waals surface area contributed by atoms with Crippen molar-refractivity contribution in [2.24, 2.45) is 0 Å². The van der Waals surface area contributed by atoms with Crippen molar-refractivity contribution in [1.29, 1.82) is 0 Å². The number of rotatable bonds is 6. The van der Waals surface area contributed by atoms with Crippen LogP contribution < -0.4 is 5.32 Å². The predicted octanol–water partition coefficient (Wildman–Crippen LogP) is 3.14. The zero-order valence-electron chi connectivity index (χ0n) is 14.6. The van der Waals surface area contributed by atoms with Gasteiger partial charge in [0.1, 0.15) is 5.03 Å². The number of nitrogens with zero attached hydrogens (tertiary/aromatic N) is 2. The molecule has 1 aromatic heterocycles. The van der Waals surface area contributed by atoms with E-state index >= 15 is 0 Å². The second-order valence-corrected chi connectivity index (χ2v) is 9.50. The normalized spacial score (nSPS) is 15.4. The Morgan fingerprint density at radius 2 is 1.96 bits per heavy atom. The molecular weight excluding hydrogens is 445 g/mol. The summed E-state index contributed by atoms with van der Waals surface area (Å²) in [5.74, 6) is -0.303. The minimum absolute atomic E-state index is 0.0491. The van der Waals surface area contributed by atoms with E-state index in [2.05, 4.69) is 10.3 Å². The molecule has 1 aliphatic rings. The number of amides is 1. The summed E-state index contributed by atoms with van der Waals surface area (Å²) < 4.78 is 32.1. The van der Waals surface area contributed by atoms with Crippen molar-refractivity contribution in [2.75, 3.05) is 37.4 Å². The SMILES string of the molecule is O=C(CSc1ncccc1Cl)Nc1cc(S(=O)(=O)N2CCOCC2)ccc1Cl. The van der Waals surface area contributed by atoms with Gasteiger partial charge in [-0.15, -0.1) is 0 Å². The Balaban J connectivity index is 1.71. The molecule has 1 fully saturated rings. The van der Waals surface area contributed by atoms with E-state index in [1.807, 2.05) is 0 Å². The van der Waals surface area contributed by atoms with Crippen LogP contribution in [-0.4, -0.2) is 55.7 Å². The number of hydrogen-bond donors (Lipinski definition) is 1. The van der Waals surface area contributed by atoms with Gasteiger partial charge in [0.15, 0.2) is 0 Å². The number of ether oxygens (including phenoxy) is 1. The van der Waals surface area contributed by atoms with E-state index in [0.717, 1.165) is 0 Å². The minimum atomic E-state index is -3.69. The van der Waals surface area contributed by atoms with Gasteiger partial charge in [0.05, 0.1) is 39.6 Å². The zero-order chi connectivity index (χ0) is 20.1. The molecule has 2 aromatic rings. The van der Waals surface area contributed by atoms with Gasteiger partial charge in [-0.3, -0.25) is 4.79 Å². The van der Waals surface area contributed by atoms with E-state index in [1.165, 1.54) is 34.3 Å². The van der Waals surface area contributed by atoms with E-state index in [1.54, 1.807) is 18.3 Å². The molecule has 11 heteroatoms. The van der Waals surface area contributed by atoms with Gasteiger partial charge in [0.25, 0.3) is 0 Å². The number of morpholine rings is 1. The van der Waals surface area contributed by atoms with E-state index in [9.17, 15) is 13.2 Å². The highest BCUT2D eigenvalue weighted by Gasteiger charge is 2.27. The van der Waals surface area contributed by atoms with Gasteiger partial charge in [0, 0.05) is 19.3 Å². The Morgan fingerprint density at radius 1 is 1.21 bits per heavy atom. The van der Waals surface area contributed by atoms with Crippen LogP contribution in [0.15, 0.2) is 46.5 Å². The molecule has 1 aliphatic heterocycles. The van der Waals surface area contributed by atoms with Crippen LogP contribution in [0.1, 0.15) is 0 Å². The van der Waals surface area contributed by atoms with Crippen LogP contribution in [0.4, 0.5) is 5.69 Å². The number of benzene rings is 1. The number of carbonyl (C=O) groups excluding carboxylic acids is 1. The van der Waals surface area contributed by atoms with Gasteiger partial charge < -0.3 is 10.1 Å². The molecule has 0 saturated carbocycles. The second-order valence-electron chi connectivity index (χ2n) is 5.79. The standard InChI is InChI=1S/C17H17Cl2N3O4S2/c18-13-4-3-12(28(24,25)22-6-8-26-9-7-22)10-15(13)21-16(23)11-27-17-14(19)2-1-5-20-17/h1-5,10H,6-9,11H2,(H,21,23). The topological polar surface area (TPSA) is 88.6 Å². The van der Waals surface area contributed by atoms with Crippen molar-refractivity contribution >= 4 is 56.6 Å². The molecule has 1 amide bonds. The van der Waals surface area contributed by atoms with E-state index in [4.69, 9.17) is 27.9 Å². The lowest BCUT2D eigenvalue weighted by Gasteiger charge is -2.26. The molecule has 0 atom stereocenters. The number of halogens is 2. The number of pyridine rings is 1. The van der Waals surface area contributed by atoms with Crippen molar-refractivity contribution in [2.45, 2.75) is 9.92 Å². The Morgan fingerprint density at radius 3 is 2.68 bits per heavy atom. The molecule has 0 aliphatic carbocycles. The lowest BCUT2D eigenvalue weighted by molar-refractivity contribution is -0.113. The predicted molar refractivity (Wildman–Crippen MR) is 110 cm³/mol. The van der Waals surface area contributed by atoms with Crippen LogP contribution in [0.3, 0.4) is 0 Å². The maximum Gasteiger partial charge on any atom is 0.243 e. The third kappa shape index (κ3) is 5.16. The number of thioether (sulfide) groups is 1. The maximum atomic E-state index is 12.8. The summed E-state index contributed by atoms with van der Waals surface area (Å²) in [4.78, 5) is 16.4. The Labute approximate surface area is 177 Å². The fraction of sp³-hybridized carbons (Fsp3) is 0.294. The summed E-state index contributed by atoms with van der Waals surface area (Å²) in [6, 6.07) is 7.63. The number of sulfonamides is 1. The summed E-state index contributed by atoms with van der Waals surface area (Å²) >= 11 is 13.3. The van der Waals surface area contributed by atoms with Crippen LogP contribution >= 0.6 is 35.0 Å². The molecule has 1 N–H and O–H groups in total. The summed E-state index contributed by atoms with van der Waals surface area (Å²) in [6.07, 6.45) is 1.59. The summed E-state index contributed by atoms with van der Waals surface area (Å²) in [7, 11) is -3.69. The summed E-state index contributed by atoms with van der Waals surface area (Å²) in [5, 5.41) is 3.88. The van der Waals surface area contributed by atoms with Crippen molar-refractivity contribution in [1.82, 2.24) is 9.29 Å². The number of anilines is 1. The Bertz CT molecular complexity index is 967. The number of carbonyl (C=O) groups is 1. The van der Waals surface area contributed by atoms with Crippen LogP contribution in [0.25, 0.3) is 0 Å².